The Labute approximate surface area is 684 Å². The molecule has 4 aromatic carbocycles. The predicted molar refractivity (Wildman–Crippen MR) is 455 cm³/mol. The number of hydrogen-bond acceptors (Lipinski definition) is 20. The molecule has 4 aliphatic heterocycles. The first-order valence-electron chi connectivity index (χ1n) is 36.7. The Kier molecular flexibility index (Phi) is 26.9. The third-order valence-corrected chi connectivity index (χ3v) is 22.0. The second kappa shape index (κ2) is 36.9. The van der Waals surface area contributed by atoms with Crippen LogP contribution in [0.3, 0.4) is 0 Å². The number of fused-ring (bicyclic) bond motifs is 4. The van der Waals surface area contributed by atoms with Crippen molar-refractivity contribution < 1.29 is 23.7 Å². The van der Waals surface area contributed by atoms with E-state index in [1.807, 2.05) is 91.0 Å². The number of morpholine rings is 4. The van der Waals surface area contributed by atoms with Crippen LogP contribution in [-0.4, -0.2) is 169 Å². The van der Waals surface area contributed by atoms with Crippen molar-refractivity contribution in [2.75, 3.05) is 161 Å². The molecule has 4 aliphatic rings. The maximum Gasteiger partial charge on any atom is 0.181 e. The molecule has 4 fully saturated rings. The number of aromatic nitrogens is 8. The van der Waals surface area contributed by atoms with Gasteiger partial charge in [-0.15, -0.1) is 0 Å². The highest BCUT2D eigenvalue weighted by Gasteiger charge is 2.28. The van der Waals surface area contributed by atoms with Gasteiger partial charge >= 0.3 is 0 Å². The van der Waals surface area contributed by atoms with E-state index in [0.717, 1.165) is 189 Å². The van der Waals surface area contributed by atoms with Crippen LogP contribution in [0.5, 0.6) is 5.75 Å². The van der Waals surface area contributed by atoms with Gasteiger partial charge in [-0.3, -0.25) is 17.6 Å². The summed E-state index contributed by atoms with van der Waals surface area (Å²) in [6.07, 6.45) is 15.8. The zero-order chi connectivity index (χ0) is 78.1. The standard InChI is InChI=1S/C21H25Cl2N5O.C20H23Cl2N5O.C19H21Cl2N5O.C19H20Cl2N4O2/c1-13(2)26-20-16(10-24)17(15-4-3-14(22)9-18(15)23)12-28-19(11-25-21(20)28)27-5-7-29-8-6-27;1-2-24-19-15(10-23)16(14-4-3-13(21)9-17(14)22)12-27-18(11-25-20(19)27)26-5-7-28-8-6-26;1-23-18-14(9-22)15(13-3-2-12(20)8-16(13)21)11-26-17(10-24-19(18)26)25-4-6-27-7-5-25;1-26-18-14(9-22)15(13-3-2-12(20)8-16(13)21)11-25-17(10-23-19(18)25)24-4-6-27-7-5-24/h3-4,9,11-13,26H,5-8,10,24H2,1-2H3;3-4,9,11-12,24H,2,5-8,10,23H2,1H3;2-3,8,10-11,23H,4-7,9,22H2,1H3;2-3,8,10-11H,4-7,9,22H2,1H3. The van der Waals surface area contributed by atoms with Gasteiger partial charge in [0, 0.05) is 230 Å². The number of nitrogens with two attached hydrogens (primary N) is 4. The lowest BCUT2D eigenvalue weighted by atomic mass is 10.00. The zero-order valence-electron chi connectivity index (χ0n) is 62.2. The molecule has 24 nitrogen and oxygen atoms in total. The summed E-state index contributed by atoms with van der Waals surface area (Å²) in [6, 6.07) is 22.3. The van der Waals surface area contributed by atoms with Gasteiger partial charge in [0.05, 0.1) is 102 Å². The lowest BCUT2D eigenvalue weighted by Crippen LogP contribution is -2.36. The molecule has 0 aliphatic carbocycles. The predicted octanol–water partition coefficient (Wildman–Crippen LogP) is 15.7. The Morgan fingerprint density at radius 2 is 0.676 bits per heavy atom. The number of anilines is 7. The van der Waals surface area contributed by atoms with Gasteiger partial charge in [-0.1, -0.05) is 117 Å². The van der Waals surface area contributed by atoms with E-state index in [4.69, 9.17) is 149 Å². The van der Waals surface area contributed by atoms with Crippen LogP contribution < -0.4 is 63.2 Å². The molecule has 0 radical (unpaired) electrons. The van der Waals surface area contributed by atoms with Gasteiger partial charge in [-0.2, -0.15) is 0 Å². The summed E-state index contributed by atoms with van der Waals surface area (Å²) < 4.78 is 36.0. The number of benzene rings is 4. The van der Waals surface area contributed by atoms with Crippen LogP contribution in [-0.2, 0) is 45.1 Å². The smallest absolute Gasteiger partial charge is 0.181 e. The molecule has 111 heavy (non-hydrogen) atoms. The Bertz CT molecular complexity index is 5120. The molecule has 32 heteroatoms. The number of nitrogens with zero attached hydrogens (tertiary/aromatic N) is 12. The summed E-state index contributed by atoms with van der Waals surface area (Å²) in [7, 11) is 3.51. The van der Waals surface area contributed by atoms with Gasteiger partial charge in [0.25, 0.3) is 0 Å². The topological polar surface area (TPSA) is 268 Å². The van der Waals surface area contributed by atoms with E-state index in [9.17, 15) is 0 Å². The molecule has 0 spiro atoms. The maximum absolute atomic E-state index is 6.57. The molecule has 0 saturated carbocycles. The van der Waals surface area contributed by atoms with E-state index < -0.39 is 0 Å². The average molecular weight is 1670 g/mol. The van der Waals surface area contributed by atoms with Gasteiger partial charge < -0.3 is 82.2 Å². The van der Waals surface area contributed by atoms with Crippen molar-refractivity contribution >= 4 is 156 Å². The van der Waals surface area contributed by atoms with Gasteiger partial charge in [0.2, 0.25) is 0 Å². The van der Waals surface area contributed by atoms with Crippen molar-refractivity contribution in [3.8, 4) is 50.3 Å². The molecule has 8 aromatic heterocycles. The average Bonchev–Trinajstić information content (AvgIpc) is 1.67. The van der Waals surface area contributed by atoms with Crippen LogP contribution in [0.4, 0.5) is 40.3 Å². The minimum absolute atomic E-state index is 0.226. The van der Waals surface area contributed by atoms with Crippen LogP contribution in [0.2, 0.25) is 40.2 Å². The van der Waals surface area contributed by atoms with Crippen molar-refractivity contribution in [2.24, 2.45) is 22.9 Å². The number of methoxy groups -OCH3 is 1. The molecule has 0 bridgehead atoms. The molecule has 0 amide bonds. The summed E-state index contributed by atoms with van der Waals surface area (Å²) in [5.41, 5.74) is 41.7. The molecular formula is C79H89Cl8N19O5. The summed E-state index contributed by atoms with van der Waals surface area (Å²) in [6.45, 7) is 20.7. The van der Waals surface area contributed by atoms with E-state index in [2.05, 4.69) is 98.1 Å². The van der Waals surface area contributed by atoms with Crippen LogP contribution in [0.25, 0.3) is 67.1 Å². The number of imidazole rings is 4. The minimum atomic E-state index is 0.226. The normalized spacial score (nSPS) is 14.7. The lowest BCUT2D eigenvalue weighted by Gasteiger charge is -2.28. The van der Waals surface area contributed by atoms with E-state index in [1.165, 1.54) is 0 Å². The molecule has 0 unspecified atom stereocenters. The van der Waals surface area contributed by atoms with E-state index in [-0.39, 0.29) is 6.04 Å². The largest absolute Gasteiger partial charge is 0.492 e. The monoisotopic (exact) mass is 1660 g/mol. The van der Waals surface area contributed by atoms with E-state index in [0.29, 0.717) is 125 Å². The van der Waals surface area contributed by atoms with Gasteiger partial charge in [0.1, 0.15) is 23.3 Å². The fraction of sp³-hybridized carbons (Fsp3) is 0.342. The SMILES string of the molecule is CC(C)Nc1c(CN)c(-c2ccc(Cl)cc2Cl)cn2c(N3CCOCC3)cnc12.CCNc1c(CN)c(-c2ccc(Cl)cc2Cl)cn2c(N3CCOCC3)cnc12.CNc1c(CN)c(-c2ccc(Cl)cc2Cl)cn2c(N3CCOCC3)cnc12.COc1c(CN)c(-c2ccc(Cl)cc2Cl)cn2c(N3CCOCC3)cnc12. The van der Waals surface area contributed by atoms with Crippen molar-refractivity contribution in [1.82, 2.24) is 37.5 Å². The van der Waals surface area contributed by atoms with Crippen LogP contribution in [0.15, 0.2) is 122 Å². The first-order valence-corrected chi connectivity index (χ1v) is 39.7. The Morgan fingerprint density at radius 1 is 0.396 bits per heavy atom. The summed E-state index contributed by atoms with van der Waals surface area (Å²) in [5.74, 6) is 4.74. The Morgan fingerprint density at radius 3 is 0.964 bits per heavy atom. The van der Waals surface area contributed by atoms with Crippen molar-refractivity contribution in [1.29, 1.82) is 0 Å². The third-order valence-electron chi connectivity index (χ3n) is 19.8. The highest BCUT2D eigenvalue weighted by atomic mass is 35.5. The first kappa shape index (κ1) is 81.1. The third kappa shape index (κ3) is 17.3. The second-order valence-electron chi connectivity index (χ2n) is 26.8. The van der Waals surface area contributed by atoms with E-state index in [1.54, 1.807) is 31.4 Å². The lowest BCUT2D eigenvalue weighted by molar-refractivity contribution is 0.122. The molecule has 0 atom stereocenters. The Balaban J connectivity index is 0.000000130. The fourth-order valence-corrected chi connectivity index (χ4v) is 16.6. The second-order valence-corrected chi connectivity index (χ2v) is 30.1. The highest BCUT2D eigenvalue weighted by Crippen LogP contribution is 2.44. The summed E-state index contributed by atoms with van der Waals surface area (Å²) in [5, 5.41) is 15.0. The van der Waals surface area contributed by atoms with Gasteiger partial charge in [-0.05, 0) is 69.3 Å². The van der Waals surface area contributed by atoms with Crippen LogP contribution >= 0.6 is 92.8 Å². The minimum Gasteiger partial charge on any atom is -0.492 e. The maximum atomic E-state index is 6.57. The zero-order valence-corrected chi connectivity index (χ0v) is 68.3. The number of halogens is 8. The summed E-state index contributed by atoms with van der Waals surface area (Å²) >= 11 is 50.5. The highest BCUT2D eigenvalue weighted by molar-refractivity contribution is 6.38. The number of pyridine rings is 4. The molecular weight excluding hydrogens is 1580 g/mol. The van der Waals surface area contributed by atoms with Crippen molar-refractivity contribution in [2.45, 2.75) is 53.0 Å². The first-order chi connectivity index (χ1) is 53.9. The van der Waals surface area contributed by atoms with Crippen LogP contribution in [0.1, 0.15) is 43.0 Å². The van der Waals surface area contributed by atoms with Gasteiger partial charge in [0.15, 0.2) is 28.3 Å². The van der Waals surface area contributed by atoms with Crippen LogP contribution in [0, 0.1) is 0 Å². The molecule has 586 valence electrons. The Hall–Kier alpha value is -7.96. The molecule has 12 aromatic rings. The fourth-order valence-electron chi connectivity index (χ4n) is 14.5. The number of rotatable bonds is 18. The molecule has 11 N–H and O–H groups in total. The summed E-state index contributed by atoms with van der Waals surface area (Å²) in [4.78, 5) is 27.8. The van der Waals surface area contributed by atoms with Gasteiger partial charge in [-0.25, -0.2) is 19.9 Å². The number of ether oxygens (including phenoxy) is 5. The molecule has 12 heterocycles. The molecule has 16 rings (SSSR count). The quantitative estimate of drug-likeness (QED) is 0.0421. The van der Waals surface area contributed by atoms with Crippen molar-refractivity contribution in [3.05, 3.63) is 185 Å². The number of hydrogen-bond donors (Lipinski definition) is 7. The number of nitrogens with one attached hydrogen (secondary N) is 3. The molecule has 4 saturated heterocycles. The van der Waals surface area contributed by atoms with Crippen molar-refractivity contribution in [3.63, 3.8) is 0 Å². The van der Waals surface area contributed by atoms with E-state index >= 15 is 0 Å².